The molecule has 0 aromatic heterocycles. The molecule has 1 heterocycles. The molecule has 0 unspecified atom stereocenters. The zero-order valence-electron chi connectivity index (χ0n) is 27.3. The standard InChI is InChI=1S/C21H27O8.3C4H9.Sn/c1-13-9-18(25-4)15-10-14-16(27-11-23-2)7-6-8-17(14)29-21(15,20(22)26-5)19(13)28-12-24-3;3*1-3-4-2;/h6,8,13,19H,9-12H2,1-5H3;3*1,3-4H2,2H3;/t13-,19+,21+;;;;/m1..../s1. The number of hydrogen-bond donors (Lipinski definition) is 0. The molecule has 8 nitrogen and oxygen atoms in total. The number of rotatable bonds is 18. The first kappa shape index (κ1) is 35.0. The molecule has 0 amide bonds. The summed E-state index contributed by atoms with van der Waals surface area (Å²) in [5.74, 6) is 1.66. The molecular weight excluding hydrogens is 643 g/mol. The van der Waals surface area contributed by atoms with E-state index in [1.54, 1.807) is 21.3 Å². The second kappa shape index (κ2) is 16.5. The van der Waals surface area contributed by atoms with Crippen LogP contribution >= 0.6 is 0 Å². The molecule has 1 aromatic rings. The van der Waals surface area contributed by atoms with E-state index in [2.05, 4.69) is 32.9 Å². The summed E-state index contributed by atoms with van der Waals surface area (Å²) in [6, 6.07) is 4.33. The first-order chi connectivity index (χ1) is 20.3. The third kappa shape index (κ3) is 7.07. The zero-order chi connectivity index (χ0) is 30.8. The number of methoxy groups -OCH3 is 4. The van der Waals surface area contributed by atoms with Gasteiger partial charge in [-0.1, -0.05) is 0 Å². The van der Waals surface area contributed by atoms with Crippen LogP contribution in [0.4, 0.5) is 0 Å². The molecule has 0 N–H and O–H groups in total. The number of carbonyl (C=O) groups excluding carboxylic acids is 1. The Morgan fingerprint density at radius 2 is 1.57 bits per heavy atom. The van der Waals surface area contributed by atoms with Crippen molar-refractivity contribution >= 4 is 27.9 Å². The maximum absolute atomic E-state index is 13.8. The molecule has 42 heavy (non-hydrogen) atoms. The van der Waals surface area contributed by atoms with E-state index >= 15 is 0 Å². The fourth-order valence-corrected chi connectivity index (χ4v) is 23.5. The molecule has 9 heteroatoms. The van der Waals surface area contributed by atoms with Gasteiger partial charge >= 0.3 is 258 Å². The Morgan fingerprint density at radius 1 is 0.952 bits per heavy atom. The van der Waals surface area contributed by atoms with Crippen molar-refractivity contribution in [2.24, 2.45) is 5.92 Å². The van der Waals surface area contributed by atoms with Crippen LogP contribution in [0.5, 0.6) is 11.5 Å². The minimum absolute atomic E-state index is 0.0317. The third-order valence-electron chi connectivity index (χ3n) is 9.07. The molecule has 0 bridgehead atoms. The topological polar surface area (TPSA) is 81.7 Å². The van der Waals surface area contributed by atoms with Crippen LogP contribution in [0, 0.1) is 5.92 Å². The average molecular weight is 697 g/mol. The van der Waals surface area contributed by atoms with Crippen LogP contribution < -0.4 is 13.1 Å². The molecule has 0 saturated heterocycles. The number of allylic oxidation sites excluding steroid dienone is 1. The predicted molar refractivity (Wildman–Crippen MR) is 167 cm³/mol. The minimum atomic E-state index is -2.95. The van der Waals surface area contributed by atoms with Gasteiger partial charge in [0.1, 0.15) is 0 Å². The molecule has 238 valence electrons. The van der Waals surface area contributed by atoms with Gasteiger partial charge in [0, 0.05) is 0 Å². The average Bonchev–Trinajstić information content (AvgIpc) is 3.01. The third-order valence-corrected chi connectivity index (χ3v) is 24.7. The van der Waals surface area contributed by atoms with E-state index in [-0.39, 0.29) is 19.5 Å². The summed E-state index contributed by atoms with van der Waals surface area (Å²) in [6.45, 7) is 9.08. The van der Waals surface area contributed by atoms with Gasteiger partial charge in [-0.05, 0) is 0 Å². The first-order valence-electron chi connectivity index (χ1n) is 15.8. The van der Waals surface area contributed by atoms with Crippen LogP contribution in [0.25, 0.3) is 0 Å². The van der Waals surface area contributed by atoms with Gasteiger partial charge in [-0.25, -0.2) is 0 Å². The summed E-state index contributed by atoms with van der Waals surface area (Å²) in [7, 11) is 6.27. The quantitative estimate of drug-likeness (QED) is 0.0978. The van der Waals surface area contributed by atoms with E-state index in [1.165, 1.54) is 62.5 Å². The summed E-state index contributed by atoms with van der Waals surface area (Å²) < 4.78 is 46.9. The molecule has 3 rings (SSSR count). The Bertz CT molecular complexity index is 1030. The number of benzene rings is 1. The Labute approximate surface area is 257 Å². The molecule has 1 aliphatic carbocycles. The summed E-state index contributed by atoms with van der Waals surface area (Å²) >= 11 is -2.95. The zero-order valence-corrected chi connectivity index (χ0v) is 30.1. The second-order valence-electron chi connectivity index (χ2n) is 11.8. The van der Waals surface area contributed by atoms with Crippen molar-refractivity contribution in [1.29, 1.82) is 0 Å². The second-order valence-corrected chi connectivity index (χ2v) is 25.0. The van der Waals surface area contributed by atoms with Crippen molar-refractivity contribution in [2.45, 2.75) is 104 Å². The van der Waals surface area contributed by atoms with Gasteiger partial charge in [0.05, 0.1) is 0 Å². The molecule has 0 radical (unpaired) electrons. The number of esters is 1. The van der Waals surface area contributed by atoms with Crippen molar-refractivity contribution < 1.29 is 38.0 Å². The van der Waals surface area contributed by atoms with Gasteiger partial charge in [-0.3, -0.25) is 0 Å². The van der Waals surface area contributed by atoms with Gasteiger partial charge in [0.25, 0.3) is 0 Å². The van der Waals surface area contributed by atoms with Crippen molar-refractivity contribution in [3.8, 4) is 11.5 Å². The molecule has 3 atom stereocenters. The molecule has 0 spiro atoms. The van der Waals surface area contributed by atoms with Crippen LogP contribution in [0.2, 0.25) is 13.3 Å². The Morgan fingerprint density at radius 3 is 2.10 bits per heavy atom. The Kier molecular flexibility index (Phi) is 13.8. The van der Waals surface area contributed by atoms with Gasteiger partial charge in [0.15, 0.2) is 0 Å². The van der Waals surface area contributed by atoms with Gasteiger partial charge in [-0.2, -0.15) is 0 Å². The first-order valence-corrected chi connectivity index (χ1v) is 23.2. The number of unbranched alkanes of at least 4 members (excludes halogenated alkanes) is 3. The van der Waals surface area contributed by atoms with Crippen molar-refractivity contribution in [1.82, 2.24) is 0 Å². The van der Waals surface area contributed by atoms with Crippen molar-refractivity contribution in [3.63, 3.8) is 0 Å². The normalized spacial score (nSPS) is 21.8. The van der Waals surface area contributed by atoms with Crippen LogP contribution in [0.3, 0.4) is 0 Å². The Balaban J connectivity index is 2.30. The molecule has 0 fully saturated rings. The van der Waals surface area contributed by atoms with Crippen molar-refractivity contribution in [3.05, 3.63) is 29.0 Å². The SMILES string of the molecule is CCC[CH2][Sn]([CH2]CCC)([CH2]CCC)[c]1ccc2c(c1OCOC)CC1=C(OC)C[C@@H](C)[C@H](OCOC)[C@@]1(C(=O)OC)O2. The summed E-state index contributed by atoms with van der Waals surface area (Å²) in [5.41, 5.74) is 0.203. The Hall–Kier alpha value is -1.49. The van der Waals surface area contributed by atoms with E-state index in [4.69, 9.17) is 33.2 Å². The summed E-state index contributed by atoms with van der Waals surface area (Å²) in [4.78, 5) is 13.8. The summed E-state index contributed by atoms with van der Waals surface area (Å²) in [6.07, 6.45) is 7.71. The maximum atomic E-state index is 13.8. The number of carbonyl (C=O) groups is 1. The monoisotopic (exact) mass is 698 g/mol. The van der Waals surface area contributed by atoms with E-state index in [0.29, 0.717) is 18.6 Å². The van der Waals surface area contributed by atoms with E-state index in [1.807, 2.05) is 6.92 Å². The van der Waals surface area contributed by atoms with E-state index in [9.17, 15) is 4.79 Å². The fourth-order valence-electron chi connectivity index (χ4n) is 6.96. The number of ether oxygens (including phenoxy) is 7. The van der Waals surface area contributed by atoms with Crippen LogP contribution in [-0.4, -0.2) is 78.1 Å². The van der Waals surface area contributed by atoms with Gasteiger partial charge in [-0.15, -0.1) is 0 Å². The molecule has 2 aliphatic rings. The van der Waals surface area contributed by atoms with Crippen LogP contribution in [-0.2, 0) is 34.9 Å². The predicted octanol–water partition coefficient (Wildman–Crippen LogP) is 6.50. The summed E-state index contributed by atoms with van der Waals surface area (Å²) in [5, 5.41) is 0. The van der Waals surface area contributed by atoms with Crippen LogP contribution in [0.15, 0.2) is 23.5 Å². The van der Waals surface area contributed by atoms with Gasteiger partial charge < -0.3 is 0 Å². The van der Waals surface area contributed by atoms with Crippen molar-refractivity contribution in [2.75, 3.05) is 42.0 Å². The molecular formula is C33H54O8Sn. The molecule has 0 saturated carbocycles. The van der Waals surface area contributed by atoms with E-state index < -0.39 is 36.1 Å². The fraction of sp³-hybridized carbons (Fsp3) is 0.727. The van der Waals surface area contributed by atoms with Gasteiger partial charge in [0.2, 0.25) is 0 Å². The molecule has 1 aromatic carbocycles. The number of fused-ring (bicyclic) bond motifs is 2. The van der Waals surface area contributed by atoms with E-state index in [0.717, 1.165) is 22.6 Å². The van der Waals surface area contributed by atoms with Crippen LogP contribution in [0.1, 0.15) is 78.2 Å². The number of hydrogen-bond acceptors (Lipinski definition) is 8. The molecule has 1 aliphatic heterocycles.